The number of piperidine rings is 1. The number of alkyl halides is 6. The zero-order chi connectivity index (χ0) is 30.1. The van der Waals surface area contributed by atoms with Crippen LogP contribution in [0.4, 0.5) is 35.5 Å². The minimum Gasteiger partial charge on any atom is -0.321 e. The van der Waals surface area contributed by atoms with Crippen molar-refractivity contribution in [3.63, 3.8) is 0 Å². The normalized spacial score (nSPS) is 21.6. The summed E-state index contributed by atoms with van der Waals surface area (Å²) in [6.45, 7) is 5.58. The van der Waals surface area contributed by atoms with Gasteiger partial charge in [0.25, 0.3) is 0 Å². The first-order chi connectivity index (χ1) is 19.2. The van der Waals surface area contributed by atoms with Gasteiger partial charge in [-0.15, -0.1) is 0 Å². The number of rotatable bonds is 5. The van der Waals surface area contributed by atoms with Crippen molar-refractivity contribution in [2.75, 3.05) is 38.2 Å². The number of likely N-dealkylation sites (tertiary alicyclic amines) is 1. The molecule has 2 fully saturated rings. The summed E-state index contributed by atoms with van der Waals surface area (Å²) in [5, 5.41) is 0. The maximum atomic E-state index is 14.0. The molecule has 0 spiro atoms. The first kappa shape index (κ1) is 31.5. The number of urea groups is 1. The van der Waals surface area contributed by atoms with Crippen LogP contribution in [-0.4, -0.2) is 65.0 Å². The highest BCUT2D eigenvalue weighted by Crippen LogP contribution is 2.41. The van der Waals surface area contributed by atoms with E-state index in [2.05, 4.69) is 4.90 Å². The molecular weight excluding hydrogens is 571 g/mol. The Morgan fingerprint density at radius 2 is 1.61 bits per heavy atom. The topological polar surface area (TPSA) is 26.8 Å². The molecule has 0 N–H and O–H groups in total. The lowest BCUT2D eigenvalue weighted by molar-refractivity contribution is -0.143. The van der Waals surface area contributed by atoms with Crippen molar-refractivity contribution >= 4 is 17.8 Å². The second-order valence-electron chi connectivity index (χ2n) is 10.7. The van der Waals surface area contributed by atoms with Crippen LogP contribution in [0.25, 0.3) is 0 Å². The summed E-state index contributed by atoms with van der Waals surface area (Å²) in [5.74, 6) is 1.62. The van der Waals surface area contributed by atoms with Gasteiger partial charge in [0.2, 0.25) is 0 Å². The molecule has 0 unspecified atom stereocenters. The van der Waals surface area contributed by atoms with Gasteiger partial charge in [-0.25, -0.2) is 9.18 Å². The molecule has 12 heteroatoms. The lowest BCUT2D eigenvalue weighted by Crippen LogP contribution is -2.53. The van der Waals surface area contributed by atoms with Crippen molar-refractivity contribution in [1.29, 1.82) is 0 Å². The third-order valence-electron chi connectivity index (χ3n) is 8.12. The van der Waals surface area contributed by atoms with Crippen LogP contribution < -0.4 is 0 Å². The van der Waals surface area contributed by atoms with Crippen LogP contribution in [0, 0.1) is 12.7 Å². The van der Waals surface area contributed by atoms with E-state index >= 15 is 0 Å². The van der Waals surface area contributed by atoms with Crippen molar-refractivity contribution in [3.8, 4) is 0 Å². The number of hydrogen-bond donors (Lipinski definition) is 0. The third kappa shape index (κ3) is 7.13. The molecule has 2 aliphatic heterocycles. The van der Waals surface area contributed by atoms with Crippen molar-refractivity contribution in [1.82, 2.24) is 14.7 Å². The van der Waals surface area contributed by atoms with Crippen LogP contribution in [0.5, 0.6) is 0 Å². The SMILES string of the molecule is CC[C@@H](c1cc(C(F)(F)F)cc(C(F)(F)F)c1)N(C)C(=O)N1CC[C@@H](N2CCSCC2)C[C@@H]1c1ccc(F)cc1C. The van der Waals surface area contributed by atoms with Crippen molar-refractivity contribution in [2.45, 2.75) is 63.6 Å². The number of halogens is 7. The summed E-state index contributed by atoms with van der Waals surface area (Å²) in [4.78, 5) is 19.3. The fraction of sp³-hybridized carbons (Fsp3) is 0.552. The molecule has 4 nitrogen and oxygen atoms in total. The van der Waals surface area contributed by atoms with Gasteiger partial charge in [-0.2, -0.15) is 38.1 Å². The Labute approximate surface area is 239 Å². The molecule has 226 valence electrons. The van der Waals surface area contributed by atoms with E-state index in [4.69, 9.17) is 0 Å². The van der Waals surface area contributed by atoms with Gasteiger partial charge >= 0.3 is 18.4 Å². The molecule has 0 aromatic heterocycles. The Morgan fingerprint density at radius 3 is 2.15 bits per heavy atom. The lowest BCUT2D eigenvalue weighted by atomic mass is 9.88. The van der Waals surface area contributed by atoms with Gasteiger partial charge in [0.1, 0.15) is 5.82 Å². The Kier molecular flexibility index (Phi) is 9.52. The summed E-state index contributed by atoms with van der Waals surface area (Å²) in [6.07, 6.45) is -8.61. The van der Waals surface area contributed by atoms with Gasteiger partial charge in [-0.05, 0) is 73.2 Å². The summed E-state index contributed by atoms with van der Waals surface area (Å²) >= 11 is 1.89. The van der Waals surface area contributed by atoms with E-state index in [0.717, 1.165) is 30.2 Å². The number of hydrogen-bond acceptors (Lipinski definition) is 3. The molecule has 2 aromatic rings. The van der Waals surface area contributed by atoms with E-state index < -0.39 is 47.4 Å². The Balaban J connectivity index is 1.68. The minimum atomic E-state index is -4.99. The number of carbonyl (C=O) groups is 1. The van der Waals surface area contributed by atoms with Gasteiger partial charge in [0.05, 0.1) is 23.2 Å². The van der Waals surface area contributed by atoms with Gasteiger partial charge in [-0.1, -0.05) is 13.0 Å². The van der Waals surface area contributed by atoms with Crippen LogP contribution in [0.15, 0.2) is 36.4 Å². The highest BCUT2D eigenvalue weighted by atomic mass is 32.2. The molecule has 0 bridgehead atoms. The summed E-state index contributed by atoms with van der Waals surface area (Å²) in [6, 6.07) is 4.11. The van der Waals surface area contributed by atoms with Crippen LogP contribution in [0.1, 0.15) is 66.1 Å². The molecule has 2 heterocycles. The fourth-order valence-corrected chi connectivity index (χ4v) is 6.93. The number of amides is 2. The summed E-state index contributed by atoms with van der Waals surface area (Å²) in [7, 11) is 1.41. The molecule has 0 saturated carbocycles. The van der Waals surface area contributed by atoms with Crippen LogP contribution in [0.2, 0.25) is 0 Å². The Bertz CT molecular complexity index is 1200. The number of nitrogens with zero attached hydrogens (tertiary/aromatic N) is 3. The highest BCUT2D eigenvalue weighted by molar-refractivity contribution is 7.99. The number of benzene rings is 2. The monoisotopic (exact) mass is 605 g/mol. The average Bonchev–Trinajstić information content (AvgIpc) is 2.92. The number of thioether (sulfide) groups is 1. The van der Waals surface area contributed by atoms with Crippen molar-refractivity contribution in [3.05, 3.63) is 70.0 Å². The first-order valence-corrected chi connectivity index (χ1v) is 14.8. The molecule has 2 amide bonds. The van der Waals surface area contributed by atoms with E-state index in [1.165, 1.54) is 24.1 Å². The van der Waals surface area contributed by atoms with Gasteiger partial charge < -0.3 is 9.80 Å². The molecule has 2 aromatic carbocycles. The van der Waals surface area contributed by atoms with Gasteiger partial charge in [0.15, 0.2) is 0 Å². The van der Waals surface area contributed by atoms with E-state index in [1.807, 2.05) is 11.8 Å². The Morgan fingerprint density at radius 1 is 1.00 bits per heavy atom. The Hall–Kier alpha value is -2.47. The quantitative estimate of drug-likeness (QED) is 0.324. The second-order valence-corrected chi connectivity index (χ2v) is 11.9. The molecule has 4 rings (SSSR count). The van der Waals surface area contributed by atoms with Crippen LogP contribution >= 0.6 is 11.8 Å². The highest BCUT2D eigenvalue weighted by Gasteiger charge is 2.40. The molecule has 3 atom stereocenters. The first-order valence-electron chi connectivity index (χ1n) is 13.6. The second kappa shape index (κ2) is 12.4. The summed E-state index contributed by atoms with van der Waals surface area (Å²) in [5.41, 5.74) is -1.62. The predicted octanol–water partition coefficient (Wildman–Crippen LogP) is 7.93. The zero-order valence-electron chi connectivity index (χ0n) is 23.2. The molecule has 2 aliphatic rings. The maximum Gasteiger partial charge on any atom is 0.416 e. The van der Waals surface area contributed by atoms with Crippen LogP contribution in [0.3, 0.4) is 0 Å². The number of aryl methyl sites for hydroxylation is 1. The average molecular weight is 606 g/mol. The van der Waals surface area contributed by atoms with Gasteiger partial charge in [-0.3, -0.25) is 4.90 Å². The zero-order valence-corrected chi connectivity index (χ0v) is 24.0. The molecule has 0 radical (unpaired) electrons. The van der Waals surface area contributed by atoms with E-state index in [0.29, 0.717) is 37.1 Å². The fourth-order valence-electron chi connectivity index (χ4n) is 6.00. The van der Waals surface area contributed by atoms with E-state index in [9.17, 15) is 35.5 Å². The molecule has 2 saturated heterocycles. The maximum absolute atomic E-state index is 14.0. The van der Waals surface area contributed by atoms with Crippen molar-refractivity contribution < 1.29 is 35.5 Å². The standard InChI is InChI=1S/C29H34F7N3OS/c1-4-25(19-14-20(28(31,32)33)16-21(15-19)29(34,35)36)37(3)27(40)39-8-7-23(38-9-11-41-12-10-38)17-26(39)24-6-5-22(30)13-18(24)2/h5-6,13-16,23,25-26H,4,7-12,17H2,1-3H3/t23-,25+,26-/m1/s1. The molecule has 41 heavy (non-hydrogen) atoms. The molecule has 0 aliphatic carbocycles. The van der Waals surface area contributed by atoms with Crippen molar-refractivity contribution in [2.24, 2.45) is 0 Å². The third-order valence-corrected chi connectivity index (χ3v) is 9.07. The largest absolute Gasteiger partial charge is 0.416 e. The minimum absolute atomic E-state index is 0.0925. The number of carbonyl (C=O) groups excluding carboxylic acids is 1. The smallest absolute Gasteiger partial charge is 0.321 e. The molecular formula is C29H34F7N3OS. The van der Waals surface area contributed by atoms with E-state index in [1.54, 1.807) is 24.8 Å². The van der Waals surface area contributed by atoms with Crippen LogP contribution in [-0.2, 0) is 12.4 Å². The van der Waals surface area contributed by atoms with Gasteiger partial charge in [0, 0.05) is 44.2 Å². The predicted molar refractivity (Wildman–Crippen MR) is 145 cm³/mol. The lowest BCUT2D eigenvalue weighted by Gasteiger charge is -2.46. The van der Waals surface area contributed by atoms with E-state index in [-0.39, 0.29) is 24.1 Å². The summed E-state index contributed by atoms with van der Waals surface area (Å²) < 4.78 is 95.3.